The summed E-state index contributed by atoms with van der Waals surface area (Å²) in [7, 11) is 0. The van der Waals surface area contributed by atoms with Crippen molar-refractivity contribution < 1.29 is 40.9 Å². The van der Waals surface area contributed by atoms with Crippen LogP contribution in [0.4, 0.5) is 0 Å². The van der Waals surface area contributed by atoms with Crippen molar-refractivity contribution in [2.75, 3.05) is 0 Å². The summed E-state index contributed by atoms with van der Waals surface area (Å²) in [4.78, 5) is 0. The molecule has 8 heteroatoms. The number of rotatable bonds is 0. The third kappa shape index (κ3) is 1.55. The lowest BCUT2D eigenvalue weighted by molar-refractivity contribution is -0.340. The van der Waals surface area contributed by atoms with Crippen LogP contribution in [0.2, 0.25) is 0 Å². The Labute approximate surface area is 102 Å². The van der Waals surface area contributed by atoms with Crippen LogP contribution in [0.15, 0.2) is 0 Å². The minimum absolute atomic E-state index is 0.632. The summed E-state index contributed by atoms with van der Waals surface area (Å²) < 4.78 is 0. The normalized spacial score (nSPS) is 61.3. The van der Waals surface area contributed by atoms with Gasteiger partial charge in [-0.3, -0.25) is 0 Å². The molecule has 0 aromatic rings. The summed E-state index contributed by atoms with van der Waals surface area (Å²) in [5, 5.41) is 78.1. The van der Waals surface area contributed by atoms with E-state index in [2.05, 4.69) is 0 Å². The van der Waals surface area contributed by atoms with E-state index in [1.165, 1.54) is 0 Å². The molecule has 8 atom stereocenters. The van der Waals surface area contributed by atoms with E-state index in [1.54, 1.807) is 0 Å². The molecule has 0 bridgehead atoms. The predicted octanol–water partition coefficient (Wildman–Crippen LogP) is -4.58. The van der Waals surface area contributed by atoms with Crippen molar-refractivity contribution in [3.63, 3.8) is 0 Å². The van der Waals surface area contributed by atoms with Crippen molar-refractivity contribution >= 4 is 0 Å². The second-order valence-corrected chi connectivity index (χ2v) is 5.26. The summed E-state index contributed by atoms with van der Waals surface area (Å²) in [6.07, 6.45) is -11.7. The Morgan fingerprint density at radius 2 is 0.889 bits per heavy atom. The topological polar surface area (TPSA) is 162 Å². The van der Waals surface area contributed by atoms with Gasteiger partial charge in [0.1, 0.15) is 35.6 Å². The maximum Gasteiger partial charge on any atom is 0.127 e. The fourth-order valence-electron chi connectivity index (χ4n) is 2.96. The van der Waals surface area contributed by atoms with Gasteiger partial charge in [-0.2, -0.15) is 0 Å². The molecule has 0 aromatic heterocycles. The minimum atomic E-state index is -2.41. The van der Waals surface area contributed by atoms with Gasteiger partial charge in [0.2, 0.25) is 0 Å². The highest BCUT2D eigenvalue weighted by atomic mass is 16.4. The van der Waals surface area contributed by atoms with Crippen molar-refractivity contribution in [1.82, 2.24) is 0 Å². The minimum Gasteiger partial charge on any atom is -0.390 e. The number of hydrogen-bond acceptors (Lipinski definition) is 8. The van der Waals surface area contributed by atoms with Gasteiger partial charge in [0.15, 0.2) is 0 Å². The molecule has 8 N–H and O–H groups in total. The van der Waals surface area contributed by atoms with Gasteiger partial charge in [0, 0.05) is 12.8 Å². The smallest absolute Gasteiger partial charge is 0.127 e. The van der Waals surface area contributed by atoms with E-state index >= 15 is 0 Å². The first-order valence-electron chi connectivity index (χ1n) is 5.68. The second-order valence-electron chi connectivity index (χ2n) is 5.26. The highest BCUT2D eigenvalue weighted by molar-refractivity contribution is 5.20. The van der Waals surface area contributed by atoms with Crippen LogP contribution in [0.25, 0.3) is 0 Å². The Balaban J connectivity index is 2.45. The van der Waals surface area contributed by atoms with E-state index in [0.717, 1.165) is 0 Å². The highest BCUT2D eigenvalue weighted by Gasteiger charge is 2.69. The molecule has 18 heavy (non-hydrogen) atoms. The summed E-state index contributed by atoms with van der Waals surface area (Å²) in [5.41, 5.74) is -4.83. The van der Waals surface area contributed by atoms with Crippen molar-refractivity contribution in [3.8, 4) is 0 Å². The molecule has 2 fully saturated rings. The lowest BCUT2D eigenvalue weighted by Gasteiger charge is -2.58. The summed E-state index contributed by atoms with van der Waals surface area (Å²) in [6.45, 7) is 0. The molecule has 0 unspecified atom stereocenters. The molecule has 0 amide bonds. The van der Waals surface area contributed by atoms with Gasteiger partial charge < -0.3 is 40.9 Å². The molecular formula is C10H18O8. The van der Waals surface area contributed by atoms with Gasteiger partial charge in [0.25, 0.3) is 0 Å². The van der Waals surface area contributed by atoms with Gasteiger partial charge in [-0.25, -0.2) is 0 Å². The van der Waals surface area contributed by atoms with Crippen LogP contribution in [0.1, 0.15) is 12.8 Å². The van der Waals surface area contributed by atoms with Crippen molar-refractivity contribution in [1.29, 1.82) is 0 Å². The standard InChI is InChI=1S/C10H18O8/c11-3-1-9(17)7(15)5(13)6(14)8(16)10(9,18)2-4(3)12/h3-8,11-18H,1-2H2/t3-,4+,5-,6-,7-,8-,9-,10-/m1/s1. The fourth-order valence-corrected chi connectivity index (χ4v) is 2.96. The van der Waals surface area contributed by atoms with E-state index in [9.17, 15) is 40.9 Å². The van der Waals surface area contributed by atoms with Crippen LogP contribution in [-0.4, -0.2) is 88.7 Å². The Kier molecular flexibility index (Phi) is 3.20. The quantitative estimate of drug-likeness (QED) is 0.217. The van der Waals surface area contributed by atoms with E-state index in [1.807, 2.05) is 0 Å². The number of fused-ring (bicyclic) bond motifs is 1. The van der Waals surface area contributed by atoms with E-state index in [0.29, 0.717) is 0 Å². The van der Waals surface area contributed by atoms with Crippen molar-refractivity contribution in [2.45, 2.75) is 60.7 Å². The average Bonchev–Trinajstić information content (AvgIpc) is 2.31. The molecule has 2 aliphatic carbocycles. The van der Waals surface area contributed by atoms with Gasteiger partial charge in [-0.15, -0.1) is 0 Å². The van der Waals surface area contributed by atoms with E-state index < -0.39 is 60.7 Å². The van der Waals surface area contributed by atoms with Crippen LogP contribution in [0.5, 0.6) is 0 Å². The second kappa shape index (κ2) is 4.09. The van der Waals surface area contributed by atoms with Crippen LogP contribution < -0.4 is 0 Å². The molecule has 2 saturated carbocycles. The number of aliphatic hydroxyl groups is 8. The third-order valence-electron chi connectivity index (χ3n) is 4.21. The lowest BCUT2D eigenvalue weighted by atomic mass is 9.58. The molecule has 0 saturated heterocycles. The maximum atomic E-state index is 10.3. The largest absolute Gasteiger partial charge is 0.390 e. The maximum absolute atomic E-state index is 10.3. The van der Waals surface area contributed by atoms with E-state index in [4.69, 9.17) is 0 Å². The van der Waals surface area contributed by atoms with E-state index in [-0.39, 0.29) is 0 Å². The number of hydrogen-bond donors (Lipinski definition) is 8. The average molecular weight is 266 g/mol. The monoisotopic (exact) mass is 266 g/mol. The Morgan fingerprint density at radius 3 is 1.17 bits per heavy atom. The summed E-state index contributed by atoms with van der Waals surface area (Å²) in [5.74, 6) is 0. The molecule has 0 radical (unpaired) electrons. The zero-order valence-electron chi connectivity index (χ0n) is 9.46. The van der Waals surface area contributed by atoms with Crippen LogP contribution in [0.3, 0.4) is 0 Å². The summed E-state index contributed by atoms with van der Waals surface area (Å²) in [6, 6.07) is 0. The first kappa shape index (κ1) is 14.1. The third-order valence-corrected chi connectivity index (χ3v) is 4.21. The van der Waals surface area contributed by atoms with Crippen LogP contribution >= 0.6 is 0 Å². The lowest BCUT2D eigenvalue weighted by Crippen LogP contribution is -2.80. The van der Waals surface area contributed by atoms with Crippen LogP contribution in [0, 0.1) is 0 Å². The van der Waals surface area contributed by atoms with Gasteiger partial charge in [-0.1, -0.05) is 0 Å². The molecule has 8 nitrogen and oxygen atoms in total. The molecule has 2 rings (SSSR count). The Bertz CT molecular complexity index is 306. The molecular weight excluding hydrogens is 248 g/mol. The highest BCUT2D eigenvalue weighted by Crippen LogP contribution is 2.47. The Hall–Kier alpha value is -0.320. The van der Waals surface area contributed by atoms with Crippen molar-refractivity contribution in [2.24, 2.45) is 0 Å². The SMILES string of the molecule is O[C@@H]1[C@@H](O)[C@@H](O)[C@]2(O)C[C@H](O)[C@H](O)C[C@@]2(O)[C@@H]1O. The molecule has 0 aliphatic heterocycles. The molecule has 0 spiro atoms. The predicted molar refractivity (Wildman–Crippen MR) is 55.2 cm³/mol. The van der Waals surface area contributed by atoms with Crippen molar-refractivity contribution in [3.05, 3.63) is 0 Å². The first-order chi connectivity index (χ1) is 8.15. The molecule has 2 aliphatic rings. The molecule has 106 valence electrons. The number of aliphatic hydroxyl groups excluding tert-OH is 6. The zero-order valence-corrected chi connectivity index (χ0v) is 9.46. The first-order valence-corrected chi connectivity index (χ1v) is 5.68. The van der Waals surface area contributed by atoms with Crippen LogP contribution in [-0.2, 0) is 0 Å². The molecule has 0 heterocycles. The van der Waals surface area contributed by atoms with Gasteiger partial charge in [0.05, 0.1) is 12.2 Å². The Morgan fingerprint density at radius 1 is 0.611 bits per heavy atom. The zero-order chi connectivity index (χ0) is 13.9. The molecule has 0 aromatic carbocycles. The fraction of sp³-hybridized carbons (Fsp3) is 1.00. The van der Waals surface area contributed by atoms with Gasteiger partial charge >= 0.3 is 0 Å². The van der Waals surface area contributed by atoms with Gasteiger partial charge in [-0.05, 0) is 0 Å². The summed E-state index contributed by atoms with van der Waals surface area (Å²) >= 11 is 0.